The van der Waals surface area contributed by atoms with Gasteiger partial charge in [-0.05, 0) is 27.2 Å². The van der Waals surface area contributed by atoms with Crippen LogP contribution >= 0.6 is 11.6 Å². The molecule has 2 atom stereocenters. The Morgan fingerprint density at radius 3 is 2.78 bits per heavy atom. The molecule has 6 heteroatoms. The highest BCUT2D eigenvalue weighted by Crippen LogP contribution is 2.18. The Morgan fingerprint density at radius 2 is 2.22 bits per heavy atom. The van der Waals surface area contributed by atoms with Gasteiger partial charge in [0.15, 0.2) is 6.10 Å². The Kier molecular flexibility index (Phi) is 7.87. The average Bonchev–Trinajstić information content (AvgIpc) is 2.51. The summed E-state index contributed by atoms with van der Waals surface area (Å²) in [6.07, 6.45) is 2.87. The molecule has 0 spiro atoms. The fourth-order valence-corrected chi connectivity index (χ4v) is 2.15. The zero-order valence-electron chi connectivity index (χ0n) is 14.0. The number of nitrogens with zero attached hydrogens (tertiary/aromatic N) is 1. The van der Waals surface area contributed by atoms with Gasteiger partial charge in [0.1, 0.15) is 11.3 Å². The standard InChI is InChI=1S/C17H23ClN2O3/c1-5-8-17(4,12-22-7-3)20-16(21)15(6-2)23-14-9-13(18)10-19-11-14/h9-11,15H,6-7,12H2,1-4H3,(H,20,21). The van der Waals surface area contributed by atoms with E-state index in [-0.39, 0.29) is 5.91 Å². The molecule has 2 unspecified atom stereocenters. The summed E-state index contributed by atoms with van der Waals surface area (Å²) in [6, 6.07) is 1.62. The van der Waals surface area contributed by atoms with Crippen LogP contribution in [0.1, 0.15) is 34.1 Å². The van der Waals surface area contributed by atoms with Crippen LogP contribution < -0.4 is 10.1 Å². The van der Waals surface area contributed by atoms with Crippen molar-refractivity contribution < 1.29 is 14.3 Å². The summed E-state index contributed by atoms with van der Waals surface area (Å²) in [5.41, 5.74) is -0.759. The van der Waals surface area contributed by atoms with Crippen LogP contribution in [0.4, 0.5) is 0 Å². The van der Waals surface area contributed by atoms with Crippen LogP contribution in [0.3, 0.4) is 0 Å². The van der Waals surface area contributed by atoms with E-state index in [1.165, 1.54) is 12.4 Å². The molecule has 5 nitrogen and oxygen atoms in total. The van der Waals surface area contributed by atoms with Gasteiger partial charge in [-0.1, -0.05) is 24.4 Å². The first-order valence-electron chi connectivity index (χ1n) is 7.55. The van der Waals surface area contributed by atoms with E-state index in [4.69, 9.17) is 21.1 Å². The molecule has 0 aliphatic heterocycles. The van der Waals surface area contributed by atoms with Gasteiger partial charge in [0.2, 0.25) is 0 Å². The predicted octanol–water partition coefficient (Wildman–Crippen LogP) is 2.83. The molecule has 23 heavy (non-hydrogen) atoms. The van der Waals surface area contributed by atoms with E-state index >= 15 is 0 Å². The minimum atomic E-state index is -0.759. The lowest BCUT2D eigenvalue weighted by molar-refractivity contribution is -0.130. The van der Waals surface area contributed by atoms with Crippen LogP contribution in [0.2, 0.25) is 5.02 Å². The number of halogens is 1. The molecule has 0 saturated carbocycles. The van der Waals surface area contributed by atoms with E-state index in [1.54, 1.807) is 13.0 Å². The number of aromatic nitrogens is 1. The van der Waals surface area contributed by atoms with Gasteiger partial charge in [0.25, 0.3) is 5.91 Å². The third kappa shape index (κ3) is 6.47. The lowest BCUT2D eigenvalue weighted by atomic mass is 10.0. The first-order valence-corrected chi connectivity index (χ1v) is 7.92. The summed E-state index contributed by atoms with van der Waals surface area (Å²) < 4.78 is 11.1. The molecule has 1 aromatic heterocycles. The molecule has 0 fully saturated rings. The number of amides is 1. The SMILES string of the molecule is CC#CC(C)(COCC)NC(=O)C(CC)Oc1cncc(Cl)c1. The lowest BCUT2D eigenvalue weighted by Crippen LogP contribution is -2.53. The Balaban J connectivity index is 2.79. The normalized spacial score (nSPS) is 14.1. The second kappa shape index (κ2) is 9.39. The van der Waals surface area contributed by atoms with E-state index in [0.29, 0.717) is 30.4 Å². The number of nitrogens with one attached hydrogen (secondary N) is 1. The molecular weight excluding hydrogens is 316 g/mol. The average molecular weight is 339 g/mol. The molecule has 1 N–H and O–H groups in total. The molecule has 1 amide bonds. The van der Waals surface area contributed by atoms with E-state index in [1.807, 2.05) is 20.8 Å². The maximum Gasteiger partial charge on any atom is 0.262 e. The third-order valence-corrected chi connectivity index (χ3v) is 3.22. The zero-order chi connectivity index (χ0) is 17.3. The number of rotatable bonds is 8. The number of pyridine rings is 1. The summed E-state index contributed by atoms with van der Waals surface area (Å²) in [6.45, 7) is 8.18. The molecule has 0 saturated heterocycles. The third-order valence-electron chi connectivity index (χ3n) is 3.02. The molecule has 0 aliphatic carbocycles. The van der Waals surface area contributed by atoms with E-state index in [2.05, 4.69) is 22.1 Å². The minimum Gasteiger partial charge on any atom is -0.479 e. The Morgan fingerprint density at radius 1 is 1.48 bits per heavy atom. The summed E-state index contributed by atoms with van der Waals surface area (Å²) in [5, 5.41) is 3.35. The molecule has 126 valence electrons. The van der Waals surface area contributed by atoms with Crippen LogP contribution in [0.25, 0.3) is 0 Å². The van der Waals surface area contributed by atoms with Gasteiger partial charge >= 0.3 is 0 Å². The van der Waals surface area contributed by atoms with Crippen LogP contribution in [-0.2, 0) is 9.53 Å². The van der Waals surface area contributed by atoms with Crippen LogP contribution in [-0.4, -0.2) is 35.7 Å². The maximum atomic E-state index is 12.5. The molecule has 1 aromatic rings. The highest BCUT2D eigenvalue weighted by molar-refractivity contribution is 6.30. The summed E-state index contributed by atoms with van der Waals surface area (Å²) >= 11 is 5.88. The first kappa shape index (κ1) is 19.3. The van der Waals surface area contributed by atoms with Gasteiger partial charge in [0.05, 0.1) is 17.8 Å². The molecule has 0 radical (unpaired) electrons. The van der Waals surface area contributed by atoms with Crippen LogP contribution in [0, 0.1) is 11.8 Å². The zero-order valence-corrected chi connectivity index (χ0v) is 14.7. The number of ether oxygens (including phenoxy) is 2. The Hall–Kier alpha value is -1.77. The van der Waals surface area contributed by atoms with Crippen molar-refractivity contribution in [2.24, 2.45) is 0 Å². The quantitative estimate of drug-likeness (QED) is 0.740. The molecule has 1 heterocycles. The van der Waals surface area contributed by atoms with Gasteiger partial charge < -0.3 is 14.8 Å². The number of carbonyl (C=O) groups excluding carboxylic acids is 1. The van der Waals surface area contributed by atoms with Crippen LogP contribution in [0.15, 0.2) is 18.5 Å². The smallest absolute Gasteiger partial charge is 0.262 e. The Bertz CT molecular complexity index is 583. The molecular formula is C17H23ClN2O3. The van der Waals surface area contributed by atoms with Crippen molar-refractivity contribution in [3.63, 3.8) is 0 Å². The van der Waals surface area contributed by atoms with Crippen molar-refractivity contribution in [2.75, 3.05) is 13.2 Å². The second-order valence-corrected chi connectivity index (χ2v) is 5.62. The van der Waals surface area contributed by atoms with Gasteiger partial charge in [-0.15, -0.1) is 5.92 Å². The van der Waals surface area contributed by atoms with Gasteiger partial charge in [-0.3, -0.25) is 9.78 Å². The van der Waals surface area contributed by atoms with E-state index in [0.717, 1.165) is 0 Å². The second-order valence-electron chi connectivity index (χ2n) is 5.19. The minimum absolute atomic E-state index is 0.252. The lowest BCUT2D eigenvalue weighted by Gasteiger charge is -2.27. The number of carbonyl (C=O) groups is 1. The van der Waals surface area contributed by atoms with Gasteiger partial charge in [0, 0.05) is 18.9 Å². The summed E-state index contributed by atoms with van der Waals surface area (Å²) in [4.78, 5) is 16.4. The summed E-state index contributed by atoms with van der Waals surface area (Å²) in [7, 11) is 0. The number of hydrogen-bond acceptors (Lipinski definition) is 4. The van der Waals surface area contributed by atoms with Crippen LogP contribution in [0.5, 0.6) is 5.75 Å². The maximum absolute atomic E-state index is 12.5. The van der Waals surface area contributed by atoms with Crippen molar-refractivity contribution in [1.29, 1.82) is 0 Å². The largest absolute Gasteiger partial charge is 0.479 e. The summed E-state index contributed by atoms with van der Waals surface area (Å²) in [5.74, 6) is 6.00. The Labute approximate surface area is 142 Å². The van der Waals surface area contributed by atoms with Crippen molar-refractivity contribution in [2.45, 2.75) is 45.8 Å². The topological polar surface area (TPSA) is 60.5 Å². The highest BCUT2D eigenvalue weighted by Gasteiger charge is 2.29. The highest BCUT2D eigenvalue weighted by atomic mass is 35.5. The molecule has 0 aromatic carbocycles. The fourth-order valence-electron chi connectivity index (χ4n) is 1.98. The predicted molar refractivity (Wildman–Crippen MR) is 90.4 cm³/mol. The number of hydrogen-bond donors (Lipinski definition) is 1. The van der Waals surface area contributed by atoms with Crippen molar-refractivity contribution in [3.05, 3.63) is 23.5 Å². The van der Waals surface area contributed by atoms with Crippen molar-refractivity contribution in [3.8, 4) is 17.6 Å². The molecule has 0 aliphatic rings. The van der Waals surface area contributed by atoms with E-state index < -0.39 is 11.6 Å². The van der Waals surface area contributed by atoms with Crippen molar-refractivity contribution in [1.82, 2.24) is 10.3 Å². The van der Waals surface area contributed by atoms with Gasteiger partial charge in [-0.2, -0.15) is 0 Å². The molecule has 1 rings (SSSR count). The molecule has 0 bridgehead atoms. The monoisotopic (exact) mass is 338 g/mol. The first-order chi connectivity index (χ1) is 10.9. The van der Waals surface area contributed by atoms with E-state index in [9.17, 15) is 4.79 Å². The fraction of sp³-hybridized carbons (Fsp3) is 0.529. The van der Waals surface area contributed by atoms with Gasteiger partial charge in [-0.25, -0.2) is 0 Å². The van der Waals surface area contributed by atoms with Crippen molar-refractivity contribution >= 4 is 17.5 Å².